The van der Waals surface area contributed by atoms with Crippen LogP contribution in [-0.4, -0.2) is 30.5 Å². The summed E-state index contributed by atoms with van der Waals surface area (Å²) in [6.07, 6.45) is 4.07. The molecule has 0 radical (unpaired) electrons. The molecule has 132 valence electrons. The molecule has 3 rings (SSSR count). The summed E-state index contributed by atoms with van der Waals surface area (Å²) in [7, 11) is 3.24. The van der Waals surface area contributed by atoms with E-state index in [4.69, 9.17) is 9.47 Å². The van der Waals surface area contributed by atoms with Crippen LogP contribution in [0.2, 0.25) is 0 Å². The summed E-state index contributed by atoms with van der Waals surface area (Å²) in [6.45, 7) is 0.520. The summed E-state index contributed by atoms with van der Waals surface area (Å²) in [5.74, 6) is 2.08. The van der Waals surface area contributed by atoms with Crippen LogP contribution in [0.1, 0.15) is 15.9 Å². The van der Waals surface area contributed by atoms with Gasteiger partial charge in [-0.05, 0) is 23.8 Å². The standard InChI is InChI=1S/C20H19N3O3/c1-25-17-9-15(10-18(11-17)26-2)12-23-20-19(21-6-7-22-20)16-5-3-4-14(8-16)13-24/h3-11,13H,12H2,1-2H3,(H,22,23). The summed E-state index contributed by atoms with van der Waals surface area (Å²) in [5.41, 5.74) is 3.09. The summed E-state index contributed by atoms with van der Waals surface area (Å²) in [6, 6.07) is 12.9. The highest BCUT2D eigenvalue weighted by Gasteiger charge is 2.09. The molecule has 0 aliphatic heterocycles. The number of benzene rings is 2. The summed E-state index contributed by atoms with van der Waals surface area (Å²) < 4.78 is 10.6. The highest BCUT2D eigenvalue weighted by molar-refractivity contribution is 5.80. The van der Waals surface area contributed by atoms with Gasteiger partial charge in [0.05, 0.1) is 14.2 Å². The van der Waals surface area contributed by atoms with E-state index < -0.39 is 0 Å². The van der Waals surface area contributed by atoms with Gasteiger partial charge in [0, 0.05) is 36.1 Å². The van der Waals surface area contributed by atoms with Crippen LogP contribution in [0.3, 0.4) is 0 Å². The fourth-order valence-corrected chi connectivity index (χ4v) is 2.59. The number of hydrogen-bond donors (Lipinski definition) is 1. The average Bonchev–Trinajstić information content (AvgIpc) is 2.72. The Hall–Kier alpha value is -3.41. The maximum Gasteiger partial charge on any atom is 0.152 e. The van der Waals surface area contributed by atoms with Crippen molar-refractivity contribution in [1.29, 1.82) is 0 Å². The van der Waals surface area contributed by atoms with E-state index in [0.29, 0.717) is 23.6 Å². The monoisotopic (exact) mass is 349 g/mol. The van der Waals surface area contributed by atoms with Gasteiger partial charge in [0.25, 0.3) is 0 Å². The predicted molar refractivity (Wildman–Crippen MR) is 99.7 cm³/mol. The highest BCUT2D eigenvalue weighted by atomic mass is 16.5. The van der Waals surface area contributed by atoms with Gasteiger partial charge in [-0.2, -0.15) is 0 Å². The third-order valence-corrected chi connectivity index (χ3v) is 3.87. The molecule has 1 heterocycles. The maximum atomic E-state index is 11.0. The highest BCUT2D eigenvalue weighted by Crippen LogP contribution is 2.26. The zero-order valence-electron chi connectivity index (χ0n) is 14.6. The van der Waals surface area contributed by atoms with Crippen molar-refractivity contribution in [3.05, 3.63) is 66.0 Å². The normalized spacial score (nSPS) is 10.2. The molecule has 0 spiro atoms. The van der Waals surface area contributed by atoms with E-state index >= 15 is 0 Å². The van der Waals surface area contributed by atoms with Crippen molar-refractivity contribution in [3.63, 3.8) is 0 Å². The molecule has 2 aromatic carbocycles. The molecule has 0 bridgehead atoms. The number of ether oxygens (including phenoxy) is 2. The molecule has 0 aliphatic carbocycles. The van der Waals surface area contributed by atoms with Gasteiger partial charge in [0.15, 0.2) is 5.82 Å². The van der Waals surface area contributed by atoms with Crippen LogP contribution in [0.5, 0.6) is 11.5 Å². The van der Waals surface area contributed by atoms with Crippen molar-refractivity contribution < 1.29 is 14.3 Å². The molecule has 1 N–H and O–H groups in total. The van der Waals surface area contributed by atoms with E-state index in [2.05, 4.69) is 15.3 Å². The Morgan fingerprint density at radius 3 is 2.42 bits per heavy atom. The number of aldehydes is 1. The fourth-order valence-electron chi connectivity index (χ4n) is 2.59. The van der Waals surface area contributed by atoms with Crippen LogP contribution in [0, 0.1) is 0 Å². The lowest BCUT2D eigenvalue weighted by Crippen LogP contribution is -2.05. The minimum absolute atomic E-state index is 0.520. The molecule has 3 aromatic rings. The SMILES string of the molecule is COc1cc(CNc2nccnc2-c2cccc(C=O)c2)cc(OC)c1. The molecular formula is C20H19N3O3. The molecule has 0 saturated carbocycles. The van der Waals surface area contributed by atoms with Crippen molar-refractivity contribution in [2.24, 2.45) is 0 Å². The fraction of sp³-hybridized carbons (Fsp3) is 0.150. The number of anilines is 1. The van der Waals surface area contributed by atoms with E-state index in [9.17, 15) is 4.79 Å². The van der Waals surface area contributed by atoms with E-state index in [1.54, 1.807) is 38.7 Å². The predicted octanol–water partition coefficient (Wildman–Crippen LogP) is 3.59. The van der Waals surface area contributed by atoms with E-state index in [1.807, 2.05) is 30.3 Å². The number of carbonyl (C=O) groups excluding carboxylic acids is 1. The van der Waals surface area contributed by atoms with Gasteiger partial charge >= 0.3 is 0 Å². The lowest BCUT2D eigenvalue weighted by atomic mass is 10.1. The number of aromatic nitrogens is 2. The van der Waals surface area contributed by atoms with E-state index in [0.717, 1.165) is 28.9 Å². The van der Waals surface area contributed by atoms with Crippen LogP contribution >= 0.6 is 0 Å². The Bertz CT molecular complexity index is 890. The summed E-state index contributed by atoms with van der Waals surface area (Å²) in [4.78, 5) is 19.8. The van der Waals surface area contributed by atoms with Crippen molar-refractivity contribution in [3.8, 4) is 22.8 Å². The average molecular weight is 349 g/mol. The molecule has 0 saturated heterocycles. The van der Waals surface area contributed by atoms with Crippen LogP contribution < -0.4 is 14.8 Å². The molecule has 0 unspecified atom stereocenters. The minimum Gasteiger partial charge on any atom is -0.497 e. The third kappa shape index (κ3) is 3.97. The third-order valence-electron chi connectivity index (χ3n) is 3.87. The lowest BCUT2D eigenvalue weighted by molar-refractivity contribution is 0.112. The minimum atomic E-state index is 0.520. The largest absolute Gasteiger partial charge is 0.497 e. The van der Waals surface area contributed by atoms with Gasteiger partial charge in [-0.3, -0.25) is 9.78 Å². The van der Waals surface area contributed by atoms with Crippen LogP contribution in [0.25, 0.3) is 11.3 Å². The molecule has 0 atom stereocenters. The molecule has 6 heteroatoms. The Labute approximate surface area is 151 Å². The number of methoxy groups -OCH3 is 2. The van der Waals surface area contributed by atoms with E-state index in [1.165, 1.54) is 0 Å². The van der Waals surface area contributed by atoms with Crippen molar-refractivity contribution in [1.82, 2.24) is 9.97 Å². The van der Waals surface area contributed by atoms with Crippen molar-refractivity contribution in [2.75, 3.05) is 19.5 Å². The first-order chi connectivity index (χ1) is 12.7. The topological polar surface area (TPSA) is 73.3 Å². The molecule has 1 aromatic heterocycles. The Morgan fingerprint density at radius 1 is 1.00 bits per heavy atom. The van der Waals surface area contributed by atoms with Gasteiger partial charge in [-0.1, -0.05) is 18.2 Å². The second-order valence-electron chi connectivity index (χ2n) is 5.57. The number of hydrogen-bond acceptors (Lipinski definition) is 6. The zero-order chi connectivity index (χ0) is 18.4. The number of carbonyl (C=O) groups is 1. The van der Waals surface area contributed by atoms with Gasteiger partial charge in [-0.25, -0.2) is 4.98 Å². The molecule has 0 aliphatic rings. The van der Waals surface area contributed by atoms with Gasteiger partial charge in [0.1, 0.15) is 23.5 Å². The quantitative estimate of drug-likeness (QED) is 0.657. The Kier molecular flexibility index (Phi) is 5.43. The van der Waals surface area contributed by atoms with Crippen LogP contribution in [0.4, 0.5) is 5.82 Å². The molecule has 0 fully saturated rings. The maximum absolute atomic E-state index is 11.0. The lowest BCUT2D eigenvalue weighted by Gasteiger charge is -2.12. The second kappa shape index (κ2) is 8.11. The van der Waals surface area contributed by atoms with Crippen LogP contribution in [0.15, 0.2) is 54.9 Å². The molecule has 26 heavy (non-hydrogen) atoms. The van der Waals surface area contributed by atoms with Crippen LogP contribution in [-0.2, 0) is 6.54 Å². The van der Waals surface area contributed by atoms with Gasteiger partial charge in [-0.15, -0.1) is 0 Å². The van der Waals surface area contributed by atoms with E-state index in [-0.39, 0.29) is 0 Å². The first kappa shape index (κ1) is 17.4. The smallest absolute Gasteiger partial charge is 0.152 e. The first-order valence-corrected chi connectivity index (χ1v) is 8.06. The van der Waals surface area contributed by atoms with Crippen molar-refractivity contribution >= 4 is 12.1 Å². The van der Waals surface area contributed by atoms with Gasteiger partial charge in [0.2, 0.25) is 0 Å². The van der Waals surface area contributed by atoms with Gasteiger partial charge < -0.3 is 14.8 Å². The molecular weight excluding hydrogens is 330 g/mol. The Morgan fingerprint density at radius 2 is 1.73 bits per heavy atom. The zero-order valence-corrected chi connectivity index (χ0v) is 14.6. The number of rotatable bonds is 7. The Balaban J connectivity index is 1.86. The number of nitrogens with zero attached hydrogens (tertiary/aromatic N) is 2. The molecule has 6 nitrogen and oxygen atoms in total. The number of nitrogens with one attached hydrogen (secondary N) is 1. The second-order valence-corrected chi connectivity index (χ2v) is 5.57. The van der Waals surface area contributed by atoms with Crippen molar-refractivity contribution in [2.45, 2.75) is 6.54 Å². The summed E-state index contributed by atoms with van der Waals surface area (Å²) >= 11 is 0. The molecule has 0 amide bonds. The first-order valence-electron chi connectivity index (χ1n) is 8.06. The summed E-state index contributed by atoms with van der Waals surface area (Å²) in [5, 5.41) is 3.30.